The van der Waals surface area contributed by atoms with Gasteiger partial charge in [-0.2, -0.15) is 0 Å². The Bertz CT molecular complexity index is 821. The lowest BCUT2D eigenvalue weighted by Crippen LogP contribution is -2.65. The number of para-hydroxylation sites is 1. The molecule has 2 aromatic carbocycles. The predicted molar refractivity (Wildman–Crippen MR) is 93.4 cm³/mol. The number of methoxy groups -OCH3 is 2. The molecular formula is C19H20N2O4. The van der Waals surface area contributed by atoms with Gasteiger partial charge in [0.15, 0.2) is 17.2 Å². The monoisotopic (exact) mass is 340 g/mol. The molecule has 130 valence electrons. The number of fused-ring (bicyclic) bond motifs is 4. The normalized spacial score (nSPS) is 24.0. The van der Waals surface area contributed by atoms with Gasteiger partial charge in [0.05, 0.1) is 20.3 Å². The molecular weight excluding hydrogens is 320 g/mol. The average Bonchev–Trinajstić information content (AvgIpc) is 2.61. The molecule has 0 aromatic heterocycles. The molecule has 2 aromatic rings. The Labute approximate surface area is 146 Å². The third-order valence-electron chi connectivity index (χ3n) is 4.81. The van der Waals surface area contributed by atoms with Crippen molar-refractivity contribution in [3.8, 4) is 17.2 Å². The molecule has 2 atom stereocenters. The van der Waals surface area contributed by atoms with Crippen molar-refractivity contribution in [2.24, 2.45) is 0 Å². The number of benzene rings is 2. The van der Waals surface area contributed by atoms with Gasteiger partial charge in [-0.1, -0.05) is 12.1 Å². The summed E-state index contributed by atoms with van der Waals surface area (Å²) in [5.41, 5.74) is 0.889. The van der Waals surface area contributed by atoms with E-state index in [0.717, 1.165) is 17.0 Å². The fourth-order valence-electron chi connectivity index (χ4n) is 3.64. The van der Waals surface area contributed by atoms with Gasteiger partial charge in [-0.25, -0.2) is 4.79 Å². The molecule has 0 aliphatic carbocycles. The van der Waals surface area contributed by atoms with E-state index in [-0.39, 0.29) is 12.1 Å². The van der Waals surface area contributed by atoms with Crippen LogP contribution in [-0.2, 0) is 0 Å². The van der Waals surface area contributed by atoms with Crippen LogP contribution < -0.4 is 24.4 Å². The summed E-state index contributed by atoms with van der Waals surface area (Å²) in [5, 5.41) is 3.08. The second-order valence-corrected chi connectivity index (χ2v) is 6.40. The molecule has 2 aliphatic rings. The van der Waals surface area contributed by atoms with Gasteiger partial charge < -0.3 is 19.5 Å². The zero-order valence-corrected chi connectivity index (χ0v) is 14.4. The highest BCUT2D eigenvalue weighted by atomic mass is 16.5. The number of anilines is 1. The van der Waals surface area contributed by atoms with Gasteiger partial charge in [-0.15, -0.1) is 0 Å². The molecule has 1 saturated heterocycles. The van der Waals surface area contributed by atoms with Gasteiger partial charge in [0, 0.05) is 17.7 Å². The van der Waals surface area contributed by atoms with Crippen molar-refractivity contribution >= 4 is 11.7 Å². The van der Waals surface area contributed by atoms with Crippen LogP contribution >= 0.6 is 0 Å². The Morgan fingerprint density at radius 2 is 1.92 bits per heavy atom. The number of hydrogen-bond donors (Lipinski definition) is 1. The third-order valence-corrected chi connectivity index (χ3v) is 4.81. The maximum absolute atomic E-state index is 12.8. The number of amides is 2. The molecule has 2 bridgehead atoms. The zero-order chi connectivity index (χ0) is 17.6. The number of carbonyl (C=O) groups is 1. The highest BCUT2D eigenvalue weighted by Crippen LogP contribution is 2.49. The molecule has 2 amide bonds. The molecule has 2 heterocycles. The van der Waals surface area contributed by atoms with E-state index in [0.29, 0.717) is 17.9 Å². The lowest BCUT2D eigenvalue weighted by Gasteiger charge is -2.50. The van der Waals surface area contributed by atoms with Crippen molar-refractivity contribution in [3.05, 3.63) is 48.0 Å². The second-order valence-electron chi connectivity index (χ2n) is 6.40. The van der Waals surface area contributed by atoms with E-state index in [4.69, 9.17) is 14.2 Å². The number of nitrogens with one attached hydrogen (secondary N) is 1. The fraction of sp³-hybridized carbons (Fsp3) is 0.316. The van der Waals surface area contributed by atoms with E-state index >= 15 is 0 Å². The number of hydrogen-bond acceptors (Lipinski definition) is 4. The molecule has 1 N–H and O–H groups in total. The highest BCUT2D eigenvalue weighted by Gasteiger charge is 2.50. The number of urea groups is 1. The van der Waals surface area contributed by atoms with Gasteiger partial charge in [0.2, 0.25) is 0 Å². The summed E-state index contributed by atoms with van der Waals surface area (Å²) in [6, 6.07) is 12.8. The van der Waals surface area contributed by atoms with Crippen molar-refractivity contribution in [1.29, 1.82) is 0 Å². The number of ether oxygens (including phenoxy) is 3. The molecule has 0 spiro atoms. The molecule has 25 heavy (non-hydrogen) atoms. The minimum atomic E-state index is -0.802. The van der Waals surface area contributed by atoms with Crippen molar-refractivity contribution in [3.63, 3.8) is 0 Å². The molecule has 0 radical (unpaired) electrons. The van der Waals surface area contributed by atoms with Gasteiger partial charge >= 0.3 is 6.03 Å². The van der Waals surface area contributed by atoms with Crippen LogP contribution in [0.1, 0.15) is 24.9 Å². The second kappa shape index (κ2) is 5.58. The molecule has 0 saturated carbocycles. The van der Waals surface area contributed by atoms with Crippen LogP contribution in [0.4, 0.5) is 10.5 Å². The van der Waals surface area contributed by atoms with Crippen LogP contribution in [0, 0.1) is 0 Å². The van der Waals surface area contributed by atoms with Gasteiger partial charge in [-0.05, 0) is 37.3 Å². The topological polar surface area (TPSA) is 60.0 Å². The summed E-state index contributed by atoms with van der Waals surface area (Å²) in [4.78, 5) is 14.5. The standard InChI is InChI=1S/C19H20N2O4/c1-19-11-15(14-5-4-6-16(24-3)17(14)25-19)20-18(22)21(19)12-7-9-13(23-2)10-8-12/h4-10,15H,11H2,1-3H3,(H,20,22)/t15-,19-/m1/s1. The minimum absolute atomic E-state index is 0.106. The summed E-state index contributed by atoms with van der Waals surface area (Å²) in [7, 11) is 3.23. The van der Waals surface area contributed by atoms with Crippen molar-refractivity contribution in [2.45, 2.75) is 25.1 Å². The van der Waals surface area contributed by atoms with Gasteiger partial charge in [0.25, 0.3) is 0 Å². The smallest absolute Gasteiger partial charge is 0.325 e. The predicted octanol–water partition coefficient (Wildman–Crippen LogP) is 3.47. The van der Waals surface area contributed by atoms with Crippen molar-refractivity contribution in [1.82, 2.24) is 5.32 Å². The first-order valence-corrected chi connectivity index (χ1v) is 8.16. The lowest BCUT2D eigenvalue weighted by molar-refractivity contribution is 0.0349. The summed E-state index contributed by atoms with van der Waals surface area (Å²) in [6.45, 7) is 1.93. The molecule has 6 nitrogen and oxygen atoms in total. The Morgan fingerprint density at radius 1 is 1.16 bits per heavy atom. The SMILES string of the molecule is COc1ccc(N2C(=O)N[C@@H]3C[C@@]2(C)Oc2c(OC)cccc23)cc1. The number of rotatable bonds is 3. The van der Waals surface area contributed by atoms with E-state index in [2.05, 4.69) is 5.32 Å². The number of carbonyl (C=O) groups excluding carboxylic acids is 1. The summed E-state index contributed by atoms with van der Waals surface area (Å²) in [5.74, 6) is 2.09. The molecule has 4 rings (SSSR count). The first kappa shape index (κ1) is 15.6. The van der Waals surface area contributed by atoms with Gasteiger partial charge in [0.1, 0.15) is 5.75 Å². The van der Waals surface area contributed by atoms with E-state index in [9.17, 15) is 4.79 Å². The van der Waals surface area contributed by atoms with Crippen LogP contribution in [0.2, 0.25) is 0 Å². The van der Waals surface area contributed by atoms with Crippen molar-refractivity contribution in [2.75, 3.05) is 19.1 Å². The van der Waals surface area contributed by atoms with E-state index in [1.54, 1.807) is 19.1 Å². The Balaban J connectivity index is 1.78. The molecule has 6 heteroatoms. The van der Waals surface area contributed by atoms with Crippen LogP contribution in [0.5, 0.6) is 17.2 Å². The maximum Gasteiger partial charge on any atom is 0.325 e. The quantitative estimate of drug-likeness (QED) is 0.929. The van der Waals surface area contributed by atoms with Crippen LogP contribution in [0.15, 0.2) is 42.5 Å². The average molecular weight is 340 g/mol. The summed E-state index contributed by atoms with van der Waals surface area (Å²) in [6.07, 6.45) is 0.644. The zero-order valence-electron chi connectivity index (χ0n) is 14.4. The van der Waals surface area contributed by atoms with E-state index < -0.39 is 5.72 Å². The highest BCUT2D eigenvalue weighted by molar-refractivity contribution is 5.95. The summed E-state index contributed by atoms with van der Waals surface area (Å²) >= 11 is 0. The first-order valence-electron chi connectivity index (χ1n) is 8.16. The Morgan fingerprint density at radius 3 is 2.60 bits per heavy atom. The Hall–Kier alpha value is -2.89. The van der Waals surface area contributed by atoms with E-state index in [1.165, 1.54) is 0 Å². The van der Waals surface area contributed by atoms with Gasteiger partial charge in [-0.3, -0.25) is 4.90 Å². The summed E-state index contributed by atoms with van der Waals surface area (Å²) < 4.78 is 17.0. The Kier molecular flexibility index (Phi) is 3.49. The largest absolute Gasteiger partial charge is 0.497 e. The molecule has 1 fully saturated rings. The molecule has 2 aliphatic heterocycles. The van der Waals surface area contributed by atoms with Crippen LogP contribution in [-0.4, -0.2) is 26.0 Å². The molecule has 0 unspecified atom stereocenters. The van der Waals surface area contributed by atoms with Crippen LogP contribution in [0.25, 0.3) is 0 Å². The number of nitrogens with zero attached hydrogens (tertiary/aromatic N) is 1. The fourth-order valence-corrected chi connectivity index (χ4v) is 3.64. The maximum atomic E-state index is 12.8. The lowest BCUT2D eigenvalue weighted by atomic mass is 9.90. The van der Waals surface area contributed by atoms with Crippen LogP contribution in [0.3, 0.4) is 0 Å². The third kappa shape index (κ3) is 2.36. The minimum Gasteiger partial charge on any atom is -0.497 e. The first-order chi connectivity index (χ1) is 12.1. The van der Waals surface area contributed by atoms with Crippen molar-refractivity contribution < 1.29 is 19.0 Å². The van der Waals surface area contributed by atoms with E-state index in [1.807, 2.05) is 49.4 Å².